The lowest BCUT2D eigenvalue weighted by atomic mass is 9.81. The van der Waals surface area contributed by atoms with Crippen molar-refractivity contribution in [2.45, 2.75) is 60.6 Å². The van der Waals surface area contributed by atoms with Crippen LogP contribution < -0.4 is 5.32 Å². The molecule has 20 heavy (non-hydrogen) atoms. The van der Waals surface area contributed by atoms with Gasteiger partial charge in [0, 0.05) is 11.3 Å². The van der Waals surface area contributed by atoms with E-state index in [1.165, 1.54) is 17.7 Å². The zero-order valence-electron chi connectivity index (χ0n) is 12.3. The molecule has 1 N–H and O–H groups in total. The van der Waals surface area contributed by atoms with Crippen LogP contribution in [0.4, 0.5) is 0 Å². The van der Waals surface area contributed by atoms with Crippen LogP contribution in [0, 0.1) is 0 Å². The number of ether oxygens (including phenoxy) is 1. The summed E-state index contributed by atoms with van der Waals surface area (Å²) in [5.74, 6) is -0.109. The second-order valence-corrected chi connectivity index (χ2v) is 8.19. The predicted molar refractivity (Wildman–Crippen MR) is 85.5 cm³/mol. The van der Waals surface area contributed by atoms with Crippen molar-refractivity contribution in [2.75, 3.05) is 7.11 Å². The molecular formula is C15H23NO2S2. The van der Waals surface area contributed by atoms with Gasteiger partial charge in [0.1, 0.15) is 5.54 Å². The van der Waals surface area contributed by atoms with Crippen molar-refractivity contribution in [1.29, 1.82) is 0 Å². The summed E-state index contributed by atoms with van der Waals surface area (Å²) in [7, 11) is 1.49. The number of esters is 1. The minimum absolute atomic E-state index is 0.109. The van der Waals surface area contributed by atoms with Crippen LogP contribution in [0.25, 0.3) is 0 Å². The molecule has 0 radical (unpaired) electrons. The largest absolute Gasteiger partial charge is 0.468 e. The van der Waals surface area contributed by atoms with Crippen molar-refractivity contribution >= 4 is 29.1 Å². The average Bonchev–Trinajstić information content (AvgIpc) is 2.90. The minimum atomic E-state index is -0.504. The van der Waals surface area contributed by atoms with Crippen molar-refractivity contribution < 1.29 is 9.53 Å². The van der Waals surface area contributed by atoms with Gasteiger partial charge in [0.2, 0.25) is 0 Å². The molecular weight excluding hydrogens is 290 g/mol. The molecule has 2 unspecified atom stereocenters. The molecule has 0 saturated heterocycles. The minimum Gasteiger partial charge on any atom is -0.468 e. The molecule has 1 aromatic heterocycles. The zero-order valence-corrected chi connectivity index (χ0v) is 14.0. The van der Waals surface area contributed by atoms with Crippen molar-refractivity contribution in [2.24, 2.45) is 0 Å². The summed E-state index contributed by atoms with van der Waals surface area (Å²) in [6.07, 6.45) is 3.96. The third-order valence-electron chi connectivity index (χ3n) is 3.62. The Hall–Kier alpha value is -0.520. The molecule has 1 aliphatic rings. The molecule has 0 aliphatic heterocycles. The SMILES string of the molecule is COC(=O)C1(NC(C)C)CCCC(Sc2cccs2)C1. The van der Waals surface area contributed by atoms with Gasteiger partial charge >= 0.3 is 5.97 Å². The Morgan fingerprint density at radius 1 is 1.60 bits per heavy atom. The fourth-order valence-corrected chi connectivity index (χ4v) is 5.33. The number of hydrogen-bond donors (Lipinski definition) is 1. The van der Waals surface area contributed by atoms with E-state index in [2.05, 4.69) is 36.7 Å². The van der Waals surface area contributed by atoms with Gasteiger partial charge in [-0.2, -0.15) is 0 Å². The van der Waals surface area contributed by atoms with Gasteiger partial charge in [0.25, 0.3) is 0 Å². The van der Waals surface area contributed by atoms with Crippen molar-refractivity contribution in [3.05, 3.63) is 17.5 Å². The topological polar surface area (TPSA) is 38.3 Å². The van der Waals surface area contributed by atoms with Crippen LogP contribution >= 0.6 is 23.1 Å². The van der Waals surface area contributed by atoms with Crippen LogP contribution in [0.3, 0.4) is 0 Å². The highest BCUT2D eigenvalue weighted by Crippen LogP contribution is 2.40. The molecule has 112 valence electrons. The molecule has 0 amide bonds. The molecule has 0 bridgehead atoms. The number of carbonyl (C=O) groups is 1. The fraction of sp³-hybridized carbons (Fsp3) is 0.667. The lowest BCUT2D eigenvalue weighted by Crippen LogP contribution is -2.58. The number of nitrogens with one attached hydrogen (secondary N) is 1. The first-order chi connectivity index (χ1) is 9.55. The first kappa shape index (κ1) is 15.9. The van der Waals surface area contributed by atoms with Crippen LogP contribution in [0.2, 0.25) is 0 Å². The molecule has 1 saturated carbocycles. The number of hydrogen-bond acceptors (Lipinski definition) is 5. The van der Waals surface area contributed by atoms with Gasteiger partial charge in [-0.15, -0.1) is 23.1 Å². The molecule has 1 aliphatic carbocycles. The van der Waals surface area contributed by atoms with E-state index in [9.17, 15) is 4.79 Å². The lowest BCUT2D eigenvalue weighted by Gasteiger charge is -2.40. The normalized spacial score (nSPS) is 26.7. The molecule has 1 fully saturated rings. The van der Waals surface area contributed by atoms with Gasteiger partial charge in [-0.25, -0.2) is 0 Å². The second kappa shape index (κ2) is 6.96. The van der Waals surface area contributed by atoms with Gasteiger partial charge in [-0.3, -0.25) is 10.1 Å². The molecule has 1 aromatic rings. The van der Waals surface area contributed by atoms with Gasteiger partial charge in [-0.1, -0.05) is 6.07 Å². The standard InChI is InChI=1S/C15H23NO2S2/c1-11(2)16-15(14(17)18-3)8-4-6-12(10-15)20-13-7-5-9-19-13/h5,7,9,11-12,16H,4,6,8,10H2,1-3H3. The summed E-state index contributed by atoms with van der Waals surface area (Å²) < 4.78 is 6.40. The Kier molecular flexibility index (Phi) is 5.52. The van der Waals surface area contributed by atoms with E-state index in [1.807, 2.05) is 11.8 Å². The van der Waals surface area contributed by atoms with E-state index in [-0.39, 0.29) is 12.0 Å². The van der Waals surface area contributed by atoms with Crippen LogP contribution in [-0.4, -0.2) is 29.9 Å². The number of methoxy groups -OCH3 is 1. The maximum Gasteiger partial charge on any atom is 0.326 e. The quantitative estimate of drug-likeness (QED) is 0.841. The second-order valence-electron chi connectivity index (χ2n) is 5.64. The van der Waals surface area contributed by atoms with Crippen molar-refractivity contribution in [3.8, 4) is 0 Å². The molecule has 2 atom stereocenters. The van der Waals surface area contributed by atoms with Gasteiger partial charge in [-0.05, 0) is 51.0 Å². The molecule has 3 nitrogen and oxygen atoms in total. The average molecular weight is 313 g/mol. The van der Waals surface area contributed by atoms with Crippen LogP contribution in [-0.2, 0) is 9.53 Å². The Balaban J connectivity index is 2.09. The van der Waals surface area contributed by atoms with E-state index in [0.717, 1.165) is 19.3 Å². The first-order valence-electron chi connectivity index (χ1n) is 7.12. The summed E-state index contributed by atoms with van der Waals surface area (Å²) in [4.78, 5) is 12.3. The molecule has 2 rings (SSSR count). The first-order valence-corrected chi connectivity index (χ1v) is 8.88. The Labute approximate surface area is 129 Å². The highest BCUT2D eigenvalue weighted by molar-refractivity contribution is 8.01. The summed E-state index contributed by atoms with van der Waals surface area (Å²) in [5.41, 5.74) is -0.504. The number of thiophene rings is 1. The Morgan fingerprint density at radius 3 is 3.00 bits per heavy atom. The maximum atomic E-state index is 12.3. The van der Waals surface area contributed by atoms with Crippen molar-refractivity contribution in [3.63, 3.8) is 0 Å². The predicted octanol–water partition coefficient (Wildman–Crippen LogP) is 3.69. The molecule has 5 heteroatoms. The highest BCUT2D eigenvalue weighted by Gasteiger charge is 2.44. The third kappa shape index (κ3) is 3.77. The fourth-order valence-electron chi connectivity index (χ4n) is 2.94. The number of rotatable bonds is 5. The van der Waals surface area contributed by atoms with E-state index in [4.69, 9.17) is 4.74 Å². The third-order valence-corrected chi connectivity index (χ3v) is 5.97. The summed E-state index contributed by atoms with van der Waals surface area (Å²) in [6, 6.07) is 4.51. The van der Waals surface area contributed by atoms with E-state index in [1.54, 1.807) is 11.3 Å². The van der Waals surface area contributed by atoms with Crippen molar-refractivity contribution in [1.82, 2.24) is 5.32 Å². The summed E-state index contributed by atoms with van der Waals surface area (Å²) in [6.45, 7) is 4.17. The van der Waals surface area contributed by atoms with Gasteiger partial charge < -0.3 is 4.74 Å². The summed E-state index contributed by atoms with van der Waals surface area (Å²) in [5, 5.41) is 6.05. The lowest BCUT2D eigenvalue weighted by molar-refractivity contribution is -0.150. The van der Waals surface area contributed by atoms with Crippen LogP contribution in [0.1, 0.15) is 39.5 Å². The van der Waals surface area contributed by atoms with E-state index < -0.39 is 5.54 Å². The van der Waals surface area contributed by atoms with Gasteiger partial charge in [0.05, 0.1) is 11.3 Å². The summed E-state index contributed by atoms with van der Waals surface area (Å²) >= 11 is 3.67. The van der Waals surface area contributed by atoms with Gasteiger partial charge in [0.15, 0.2) is 0 Å². The zero-order chi connectivity index (χ0) is 14.6. The molecule has 0 aromatic carbocycles. The smallest absolute Gasteiger partial charge is 0.326 e. The molecule has 0 spiro atoms. The van der Waals surface area contributed by atoms with E-state index in [0.29, 0.717) is 5.25 Å². The Bertz CT molecular complexity index is 433. The number of thioether (sulfide) groups is 1. The maximum absolute atomic E-state index is 12.3. The molecule has 1 heterocycles. The monoisotopic (exact) mass is 313 g/mol. The van der Waals surface area contributed by atoms with Crippen LogP contribution in [0.15, 0.2) is 21.7 Å². The highest BCUT2D eigenvalue weighted by atomic mass is 32.2. The Morgan fingerprint density at radius 2 is 2.40 bits per heavy atom. The van der Waals surface area contributed by atoms with E-state index >= 15 is 0 Å². The number of carbonyl (C=O) groups excluding carboxylic acids is 1. The van der Waals surface area contributed by atoms with Crippen LogP contribution in [0.5, 0.6) is 0 Å².